The van der Waals surface area contributed by atoms with E-state index in [1.54, 1.807) is 4.90 Å². The van der Waals surface area contributed by atoms with Gasteiger partial charge in [0.1, 0.15) is 6.61 Å². The fraction of sp³-hybridized carbons (Fsp3) is 0.500. The van der Waals surface area contributed by atoms with E-state index < -0.39 is 0 Å². The van der Waals surface area contributed by atoms with Crippen LogP contribution in [0.25, 0.3) is 0 Å². The van der Waals surface area contributed by atoms with Crippen molar-refractivity contribution < 1.29 is 9.53 Å². The quantitative estimate of drug-likeness (QED) is 0.876. The predicted octanol–water partition coefficient (Wildman–Crippen LogP) is 2.38. The Morgan fingerprint density at radius 3 is 2.61 bits per heavy atom. The van der Waals surface area contributed by atoms with Gasteiger partial charge in [0.2, 0.25) is 0 Å². The van der Waals surface area contributed by atoms with Crippen molar-refractivity contribution in [1.82, 2.24) is 4.90 Å². The summed E-state index contributed by atoms with van der Waals surface area (Å²) >= 11 is 0. The smallest absolute Gasteiger partial charge is 0.410 e. The van der Waals surface area contributed by atoms with Crippen LogP contribution in [0.5, 0.6) is 0 Å². The van der Waals surface area contributed by atoms with Gasteiger partial charge in [0.25, 0.3) is 0 Å². The molecule has 0 saturated carbocycles. The summed E-state index contributed by atoms with van der Waals surface area (Å²) in [7, 11) is 0. The fourth-order valence-electron chi connectivity index (χ4n) is 1.76. The van der Waals surface area contributed by atoms with Crippen molar-refractivity contribution in [1.29, 1.82) is 0 Å². The molecule has 1 heterocycles. The molecule has 1 unspecified atom stereocenters. The summed E-state index contributed by atoms with van der Waals surface area (Å²) in [5.74, 6) is 0. The number of benzene rings is 1. The van der Waals surface area contributed by atoms with E-state index in [2.05, 4.69) is 0 Å². The van der Waals surface area contributed by atoms with E-state index in [-0.39, 0.29) is 12.1 Å². The summed E-state index contributed by atoms with van der Waals surface area (Å²) in [6.07, 6.45) is 0.595. The number of likely N-dealkylation sites (tertiary alicyclic amines) is 1. The number of hydrogen-bond acceptors (Lipinski definition) is 3. The monoisotopic (exact) mass is 250 g/mol. The van der Waals surface area contributed by atoms with Crippen molar-refractivity contribution in [2.75, 3.05) is 13.1 Å². The molecule has 1 saturated heterocycles. The molecule has 1 fully saturated rings. The lowest BCUT2D eigenvalue weighted by Gasteiger charge is -2.15. The molecule has 0 spiro atoms. The molecule has 4 nitrogen and oxygen atoms in total. The molecular weight excluding hydrogens is 228 g/mol. The number of amides is 1. The van der Waals surface area contributed by atoms with E-state index in [4.69, 9.17) is 10.5 Å². The Morgan fingerprint density at radius 1 is 1.39 bits per heavy atom. The Labute approximate surface area is 109 Å². The lowest BCUT2D eigenvalue weighted by molar-refractivity contribution is 0.104. The number of ether oxygens (including phenoxy) is 1. The van der Waals surface area contributed by atoms with E-state index in [1.807, 2.05) is 44.2 Å². The van der Waals surface area contributed by atoms with Gasteiger partial charge >= 0.3 is 6.09 Å². The second kappa shape index (κ2) is 7.71. The molecule has 18 heavy (non-hydrogen) atoms. The molecule has 1 aliphatic rings. The fourth-order valence-corrected chi connectivity index (χ4v) is 1.76. The van der Waals surface area contributed by atoms with Crippen molar-refractivity contribution in [3.8, 4) is 0 Å². The minimum Gasteiger partial charge on any atom is -0.445 e. The average Bonchev–Trinajstić information content (AvgIpc) is 2.86. The maximum absolute atomic E-state index is 11.6. The average molecular weight is 250 g/mol. The minimum absolute atomic E-state index is 0.101. The highest BCUT2D eigenvalue weighted by Crippen LogP contribution is 2.10. The van der Waals surface area contributed by atoms with Crippen LogP contribution in [0.2, 0.25) is 0 Å². The van der Waals surface area contributed by atoms with E-state index >= 15 is 0 Å². The lowest BCUT2D eigenvalue weighted by Crippen LogP contribution is -2.32. The molecule has 1 aromatic rings. The summed E-state index contributed by atoms with van der Waals surface area (Å²) in [6.45, 7) is 5.63. The molecule has 1 aromatic carbocycles. The highest BCUT2D eigenvalue weighted by Gasteiger charge is 2.24. The second-order valence-electron chi connectivity index (χ2n) is 4.03. The van der Waals surface area contributed by atoms with Gasteiger partial charge in [-0.3, -0.25) is 0 Å². The molecule has 2 N–H and O–H groups in total. The third-order valence-electron chi connectivity index (χ3n) is 2.69. The normalized spacial score (nSPS) is 17.9. The van der Waals surface area contributed by atoms with Crippen LogP contribution in [0.1, 0.15) is 25.8 Å². The summed E-state index contributed by atoms with van der Waals surface area (Å²) in [5.41, 5.74) is 6.72. The number of carbonyl (C=O) groups is 1. The maximum atomic E-state index is 11.6. The van der Waals surface area contributed by atoms with Crippen LogP contribution in [0.3, 0.4) is 0 Å². The summed E-state index contributed by atoms with van der Waals surface area (Å²) in [4.78, 5) is 13.3. The van der Waals surface area contributed by atoms with Gasteiger partial charge in [-0.05, 0) is 12.0 Å². The molecule has 1 atom stereocenters. The Bertz CT molecular complexity index is 354. The zero-order chi connectivity index (χ0) is 13.4. The first-order chi connectivity index (χ1) is 8.75. The second-order valence-corrected chi connectivity index (χ2v) is 4.03. The topological polar surface area (TPSA) is 55.6 Å². The first kappa shape index (κ1) is 14.5. The zero-order valence-electron chi connectivity index (χ0n) is 11.1. The van der Waals surface area contributed by atoms with Gasteiger partial charge < -0.3 is 15.4 Å². The first-order valence-corrected chi connectivity index (χ1v) is 6.47. The Balaban J connectivity index is 0.000000771. The van der Waals surface area contributed by atoms with E-state index in [9.17, 15) is 4.79 Å². The Hall–Kier alpha value is -1.55. The van der Waals surface area contributed by atoms with Crippen molar-refractivity contribution in [3.63, 3.8) is 0 Å². The van der Waals surface area contributed by atoms with Crippen LogP contribution < -0.4 is 5.73 Å². The molecular formula is C14H22N2O2. The molecule has 2 rings (SSSR count). The van der Waals surface area contributed by atoms with Crippen LogP contribution in [-0.4, -0.2) is 30.1 Å². The van der Waals surface area contributed by atoms with Crippen LogP contribution in [-0.2, 0) is 11.3 Å². The zero-order valence-corrected chi connectivity index (χ0v) is 11.1. The third-order valence-corrected chi connectivity index (χ3v) is 2.69. The number of rotatable bonds is 2. The lowest BCUT2D eigenvalue weighted by atomic mass is 10.2. The SMILES string of the molecule is CC.NC1CCN(C(=O)OCc2ccccc2)C1. The van der Waals surface area contributed by atoms with Crippen LogP contribution in [0, 0.1) is 0 Å². The van der Waals surface area contributed by atoms with Crippen molar-refractivity contribution >= 4 is 6.09 Å². The van der Waals surface area contributed by atoms with Gasteiger partial charge in [0.15, 0.2) is 0 Å². The van der Waals surface area contributed by atoms with Crippen molar-refractivity contribution in [2.24, 2.45) is 5.73 Å². The number of hydrogen-bond donors (Lipinski definition) is 1. The number of nitrogens with zero attached hydrogens (tertiary/aromatic N) is 1. The van der Waals surface area contributed by atoms with Gasteiger partial charge in [-0.25, -0.2) is 4.79 Å². The highest BCUT2D eigenvalue weighted by atomic mass is 16.6. The van der Waals surface area contributed by atoms with E-state index in [0.29, 0.717) is 19.7 Å². The van der Waals surface area contributed by atoms with Gasteiger partial charge in [-0.15, -0.1) is 0 Å². The third kappa shape index (κ3) is 4.37. The largest absolute Gasteiger partial charge is 0.445 e. The van der Waals surface area contributed by atoms with Gasteiger partial charge in [-0.1, -0.05) is 44.2 Å². The molecule has 1 amide bonds. The standard InChI is InChI=1S/C12H16N2O2.C2H6/c13-11-6-7-14(8-11)12(15)16-9-10-4-2-1-3-5-10;1-2/h1-5,11H,6-9,13H2;1-2H3. The Kier molecular flexibility index (Phi) is 6.22. The minimum atomic E-state index is -0.267. The van der Waals surface area contributed by atoms with Gasteiger partial charge in [0.05, 0.1) is 0 Å². The van der Waals surface area contributed by atoms with Crippen LogP contribution in [0.4, 0.5) is 4.79 Å². The van der Waals surface area contributed by atoms with Crippen LogP contribution in [0.15, 0.2) is 30.3 Å². The number of carbonyl (C=O) groups excluding carboxylic acids is 1. The van der Waals surface area contributed by atoms with Gasteiger partial charge in [0, 0.05) is 19.1 Å². The maximum Gasteiger partial charge on any atom is 0.410 e. The summed E-state index contributed by atoms with van der Waals surface area (Å²) < 4.78 is 5.19. The van der Waals surface area contributed by atoms with Gasteiger partial charge in [-0.2, -0.15) is 0 Å². The molecule has 0 aromatic heterocycles. The highest BCUT2D eigenvalue weighted by molar-refractivity contribution is 5.68. The molecule has 4 heteroatoms. The van der Waals surface area contributed by atoms with Crippen LogP contribution >= 0.6 is 0 Å². The molecule has 0 aliphatic carbocycles. The molecule has 1 aliphatic heterocycles. The summed E-state index contributed by atoms with van der Waals surface area (Å²) in [5, 5.41) is 0. The first-order valence-electron chi connectivity index (χ1n) is 6.47. The molecule has 0 radical (unpaired) electrons. The number of nitrogens with two attached hydrogens (primary N) is 1. The van der Waals surface area contributed by atoms with Crippen molar-refractivity contribution in [2.45, 2.75) is 32.9 Å². The summed E-state index contributed by atoms with van der Waals surface area (Å²) in [6, 6.07) is 9.75. The predicted molar refractivity (Wildman–Crippen MR) is 72.1 cm³/mol. The molecule has 100 valence electrons. The van der Waals surface area contributed by atoms with Crippen molar-refractivity contribution in [3.05, 3.63) is 35.9 Å². The molecule has 0 bridgehead atoms. The van der Waals surface area contributed by atoms with E-state index in [0.717, 1.165) is 12.0 Å². The van der Waals surface area contributed by atoms with E-state index in [1.165, 1.54) is 0 Å². The Morgan fingerprint density at radius 2 is 2.06 bits per heavy atom.